The molecule has 0 bridgehead atoms. The Morgan fingerprint density at radius 3 is 2.47 bits per heavy atom. The lowest BCUT2D eigenvalue weighted by atomic mass is 9.87. The van der Waals surface area contributed by atoms with Crippen molar-refractivity contribution in [1.29, 1.82) is 0 Å². The quantitative estimate of drug-likeness (QED) is 0.524. The summed E-state index contributed by atoms with van der Waals surface area (Å²) in [5.41, 5.74) is 2.67. The topological polar surface area (TPSA) is 91.0 Å². The molecule has 0 saturated heterocycles. The minimum absolute atomic E-state index is 0.0315. The number of nitrogens with one attached hydrogen (secondary N) is 2. The van der Waals surface area contributed by atoms with Crippen LogP contribution in [0.4, 0.5) is 5.69 Å². The van der Waals surface area contributed by atoms with Gasteiger partial charge >= 0.3 is 0 Å². The molecule has 176 valence electrons. The van der Waals surface area contributed by atoms with Crippen LogP contribution in [0.15, 0.2) is 73.5 Å². The number of imidazole rings is 1. The van der Waals surface area contributed by atoms with Crippen LogP contribution in [0.3, 0.4) is 0 Å². The van der Waals surface area contributed by atoms with E-state index in [0.717, 1.165) is 24.8 Å². The van der Waals surface area contributed by atoms with Crippen molar-refractivity contribution in [3.05, 3.63) is 90.3 Å². The Hall–Kier alpha value is -3.74. The number of allylic oxidation sites excluding steroid dienone is 1. The average molecular weight is 458 g/mol. The van der Waals surface area contributed by atoms with Gasteiger partial charge in [0, 0.05) is 29.7 Å². The molecule has 0 radical (unpaired) electrons. The first-order chi connectivity index (χ1) is 16.3. The SMILES string of the molecule is CC(C)(C)c1ccc(N(C(=O)c2cnc[nH]2)[C@@H](C(=O)N[C@@H]2CC=CCC2)c2cccnc2)cc1. The summed E-state index contributed by atoms with van der Waals surface area (Å²) in [4.78, 5) is 40.2. The molecule has 2 aromatic heterocycles. The number of benzene rings is 1. The molecule has 0 unspecified atom stereocenters. The van der Waals surface area contributed by atoms with E-state index in [1.807, 2.05) is 30.3 Å². The number of carbonyl (C=O) groups is 2. The van der Waals surface area contributed by atoms with Gasteiger partial charge in [-0.3, -0.25) is 19.5 Å². The molecular weight excluding hydrogens is 426 g/mol. The summed E-state index contributed by atoms with van der Waals surface area (Å²) in [6.07, 6.45) is 13.0. The molecule has 4 rings (SSSR count). The fourth-order valence-electron chi connectivity index (χ4n) is 4.17. The van der Waals surface area contributed by atoms with E-state index in [4.69, 9.17) is 0 Å². The third kappa shape index (κ3) is 5.25. The van der Waals surface area contributed by atoms with E-state index in [1.54, 1.807) is 18.5 Å². The van der Waals surface area contributed by atoms with Crippen LogP contribution in [0.1, 0.15) is 67.7 Å². The predicted octanol–water partition coefficient (Wildman–Crippen LogP) is 4.72. The molecule has 1 aliphatic carbocycles. The highest BCUT2D eigenvalue weighted by Crippen LogP contribution is 2.32. The fourth-order valence-corrected chi connectivity index (χ4v) is 4.17. The van der Waals surface area contributed by atoms with Gasteiger partial charge in [0.25, 0.3) is 5.91 Å². The highest BCUT2D eigenvalue weighted by atomic mass is 16.2. The van der Waals surface area contributed by atoms with E-state index in [9.17, 15) is 9.59 Å². The largest absolute Gasteiger partial charge is 0.351 e. The Labute approximate surface area is 200 Å². The van der Waals surface area contributed by atoms with Gasteiger partial charge in [-0.1, -0.05) is 51.1 Å². The zero-order valence-electron chi connectivity index (χ0n) is 19.9. The second-order valence-corrected chi connectivity index (χ2v) is 9.62. The number of hydrogen-bond donors (Lipinski definition) is 2. The monoisotopic (exact) mass is 457 g/mol. The van der Waals surface area contributed by atoms with Gasteiger partial charge in [-0.05, 0) is 48.4 Å². The molecule has 7 heteroatoms. The third-order valence-corrected chi connectivity index (χ3v) is 6.08. The zero-order valence-corrected chi connectivity index (χ0v) is 19.9. The molecule has 2 atom stereocenters. The smallest absolute Gasteiger partial charge is 0.277 e. The number of pyridine rings is 1. The minimum atomic E-state index is -0.893. The van der Waals surface area contributed by atoms with Crippen molar-refractivity contribution < 1.29 is 9.59 Å². The molecule has 0 spiro atoms. The lowest BCUT2D eigenvalue weighted by Gasteiger charge is -2.33. The zero-order chi connectivity index (χ0) is 24.1. The normalized spacial score (nSPS) is 16.6. The number of nitrogens with zero attached hydrogens (tertiary/aromatic N) is 3. The fraction of sp³-hybridized carbons (Fsp3) is 0.333. The molecule has 3 aromatic rings. The van der Waals surface area contributed by atoms with E-state index in [-0.39, 0.29) is 23.3 Å². The molecule has 2 N–H and O–H groups in total. The van der Waals surface area contributed by atoms with Gasteiger partial charge in [0.1, 0.15) is 11.7 Å². The first kappa shape index (κ1) is 23.4. The number of rotatable bonds is 6. The Kier molecular flexibility index (Phi) is 6.91. The van der Waals surface area contributed by atoms with Gasteiger partial charge in [-0.2, -0.15) is 0 Å². The lowest BCUT2D eigenvalue weighted by Crippen LogP contribution is -2.47. The Morgan fingerprint density at radius 1 is 1.09 bits per heavy atom. The summed E-state index contributed by atoms with van der Waals surface area (Å²) in [5, 5.41) is 3.17. The summed E-state index contributed by atoms with van der Waals surface area (Å²) in [5.74, 6) is -0.574. The Morgan fingerprint density at radius 2 is 1.88 bits per heavy atom. The van der Waals surface area contributed by atoms with E-state index in [2.05, 4.69) is 53.2 Å². The van der Waals surface area contributed by atoms with Gasteiger partial charge in [0.15, 0.2) is 0 Å². The van der Waals surface area contributed by atoms with Crippen molar-refractivity contribution in [3.8, 4) is 0 Å². The van der Waals surface area contributed by atoms with Crippen molar-refractivity contribution in [1.82, 2.24) is 20.3 Å². The molecule has 2 amide bonds. The summed E-state index contributed by atoms with van der Waals surface area (Å²) in [6.45, 7) is 6.42. The minimum Gasteiger partial charge on any atom is -0.351 e. The third-order valence-electron chi connectivity index (χ3n) is 6.08. The van der Waals surface area contributed by atoms with Crippen molar-refractivity contribution in [3.63, 3.8) is 0 Å². The van der Waals surface area contributed by atoms with Crippen LogP contribution >= 0.6 is 0 Å². The number of H-pyrrole nitrogens is 1. The second kappa shape index (κ2) is 10.0. The van der Waals surface area contributed by atoms with Crippen molar-refractivity contribution >= 4 is 17.5 Å². The number of hydrogen-bond acceptors (Lipinski definition) is 4. The predicted molar refractivity (Wildman–Crippen MR) is 132 cm³/mol. The molecule has 0 saturated carbocycles. The van der Waals surface area contributed by atoms with E-state index in [0.29, 0.717) is 16.9 Å². The number of aromatic nitrogens is 3. The van der Waals surface area contributed by atoms with Gasteiger partial charge in [-0.15, -0.1) is 0 Å². The summed E-state index contributed by atoms with van der Waals surface area (Å²) < 4.78 is 0. The Bertz CT molecular complexity index is 1130. The van der Waals surface area contributed by atoms with E-state index in [1.165, 1.54) is 17.4 Å². The molecule has 0 aliphatic heterocycles. The highest BCUT2D eigenvalue weighted by molar-refractivity contribution is 6.09. The van der Waals surface area contributed by atoms with Crippen molar-refractivity contribution in [2.45, 2.75) is 57.5 Å². The molecule has 34 heavy (non-hydrogen) atoms. The number of anilines is 1. The second-order valence-electron chi connectivity index (χ2n) is 9.62. The van der Waals surface area contributed by atoms with Gasteiger partial charge in [0.2, 0.25) is 5.91 Å². The summed E-state index contributed by atoms with van der Waals surface area (Å²) in [6, 6.07) is 10.6. The first-order valence-corrected chi connectivity index (χ1v) is 11.6. The lowest BCUT2D eigenvalue weighted by molar-refractivity contribution is -0.123. The molecule has 7 nitrogen and oxygen atoms in total. The average Bonchev–Trinajstić information content (AvgIpc) is 3.38. The summed E-state index contributed by atoms with van der Waals surface area (Å²) in [7, 11) is 0. The maximum Gasteiger partial charge on any atom is 0.277 e. The van der Waals surface area contributed by atoms with Crippen LogP contribution < -0.4 is 10.2 Å². The maximum atomic E-state index is 13.7. The van der Waals surface area contributed by atoms with Gasteiger partial charge in [0.05, 0.1) is 12.5 Å². The van der Waals surface area contributed by atoms with E-state index >= 15 is 0 Å². The highest BCUT2D eigenvalue weighted by Gasteiger charge is 2.35. The molecule has 1 aromatic carbocycles. The van der Waals surface area contributed by atoms with Crippen LogP contribution in [-0.4, -0.2) is 32.8 Å². The molecule has 1 aliphatic rings. The molecule has 2 heterocycles. The molecule has 0 fully saturated rings. The summed E-state index contributed by atoms with van der Waals surface area (Å²) >= 11 is 0. The number of aromatic amines is 1. The maximum absolute atomic E-state index is 13.7. The van der Waals surface area contributed by atoms with Crippen LogP contribution in [0.5, 0.6) is 0 Å². The van der Waals surface area contributed by atoms with Gasteiger partial charge < -0.3 is 10.3 Å². The van der Waals surface area contributed by atoms with Crippen LogP contribution in [0, 0.1) is 0 Å². The number of amides is 2. The van der Waals surface area contributed by atoms with Crippen LogP contribution in [-0.2, 0) is 10.2 Å². The van der Waals surface area contributed by atoms with Crippen LogP contribution in [0.2, 0.25) is 0 Å². The van der Waals surface area contributed by atoms with Crippen molar-refractivity contribution in [2.75, 3.05) is 4.90 Å². The number of carbonyl (C=O) groups excluding carboxylic acids is 2. The van der Waals surface area contributed by atoms with Gasteiger partial charge in [-0.25, -0.2) is 4.98 Å². The van der Waals surface area contributed by atoms with Crippen molar-refractivity contribution in [2.24, 2.45) is 0 Å². The Balaban J connectivity index is 1.78. The van der Waals surface area contributed by atoms with Crippen LogP contribution in [0.25, 0.3) is 0 Å². The molecular formula is C27H31N5O2. The first-order valence-electron chi connectivity index (χ1n) is 11.6. The van der Waals surface area contributed by atoms with E-state index < -0.39 is 6.04 Å². The standard InChI is InChI=1S/C27H31N5O2/c1-27(2,3)20-11-13-22(14-12-20)32(26(34)23-17-29-18-30-23)24(19-8-7-15-28-16-19)25(33)31-21-9-5-4-6-10-21/h4-5,7-8,11-18,21,24H,6,9-10H2,1-3H3,(H,29,30)(H,31,33)/t21-,24-/m1/s1.